The molecule has 3 aromatic rings. The SMILES string of the molecule is S=C(Nc1ccccc1-c1ccccc1)N1CCN(C/C=C\c2ccccc2)CC1. The van der Waals surface area contributed by atoms with Crippen LogP contribution in [-0.4, -0.2) is 47.6 Å². The number of rotatable bonds is 5. The number of benzene rings is 3. The second-order valence-electron chi connectivity index (χ2n) is 7.44. The maximum Gasteiger partial charge on any atom is 0.173 e. The van der Waals surface area contributed by atoms with E-state index in [1.165, 1.54) is 16.7 Å². The highest BCUT2D eigenvalue weighted by atomic mass is 32.1. The average Bonchev–Trinajstić information content (AvgIpc) is 2.81. The van der Waals surface area contributed by atoms with Crippen molar-refractivity contribution in [1.82, 2.24) is 9.80 Å². The predicted octanol–water partition coefficient (Wildman–Crippen LogP) is 5.38. The van der Waals surface area contributed by atoms with Gasteiger partial charge in [0.05, 0.1) is 0 Å². The fourth-order valence-corrected chi connectivity index (χ4v) is 3.98. The number of nitrogens with one attached hydrogen (secondary N) is 1. The summed E-state index contributed by atoms with van der Waals surface area (Å²) in [4.78, 5) is 4.74. The molecule has 0 amide bonds. The van der Waals surface area contributed by atoms with Crippen molar-refractivity contribution < 1.29 is 0 Å². The lowest BCUT2D eigenvalue weighted by molar-refractivity contribution is 0.200. The van der Waals surface area contributed by atoms with E-state index in [1.807, 2.05) is 18.2 Å². The molecule has 4 rings (SSSR count). The molecular formula is C26H27N3S. The molecule has 0 unspecified atom stereocenters. The van der Waals surface area contributed by atoms with E-state index < -0.39 is 0 Å². The standard InChI is InChI=1S/C26H27N3S/c30-26(27-25-16-8-7-15-24(25)23-13-5-2-6-14-23)29-20-18-28(19-21-29)17-9-12-22-10-3-1-4-11-22/h1-16H,17-21H2,(H,27,30)/b12-9-. The Morgan fingerprint density at radius 2 is 1.43 bits per heavy atom. The number of para-hydroxylation sites is 1. The van der Waals surface area contributed by atoms with E-state index >= 15 is 0 Å². The molecule has 1 saturated heterocycles. The largest absolute Gasteiger partial charge is 0.346 e. The number of piperazine rings is 1. The minimum atomic E-state index is 0.804. The van der Waals surface area contributed by atoms with Crippen LogP contribution >= 0.6 is 12.2 Å². The second kappa shape index (κ2) is 10.2. The van der Waals surface area contributed by atoms with E-state index in [4.69, 9.17) is 12.2 Å². The van der Waals surface area contributed by atoms with Gasteiger partial charge in [-0.25, -0.2) is 0 Å². The van der Waals surface area contributed by atoms with Crippen LogP contribution in [0.3, 0.4) is 0 Å². The van der Waals surface area contributed by atoms with Gasteiger partial charge in [0.15, 0.2) is 5.11 Å². The Morgan fingerprint density at radius 1 is 0.800 bits per heavy atom. The van der Waals surface area contributed by atoms with Gasteiger partial charge in [0.1, 0.15) is 0 Å². The molecule has 1 aliphatic rings. The molecule has 1 aliphatic heterocycles. The van der Waals surface area contributed by atoms with Crippen molar-refractivity contribution in [3.05, 3.63) is 96.6 Å². The van der Waals surface area contributed by atoms with Gasteiger partial charge in [-0.1, -0.05) is 91.0 Å². The lowest BCUT2D eigenvalue weighted by Gasteiger charge is -2.36. The third-order valence-corrected chi connectivity index (χ3v) is 5.75. The normalized spacial score (nSPS) is 14.7. The highest BCUT2D eigenvalue weighted by molar-refractivity contribution is 7.80. The van der Waals surface area contributed by atoms with Crippen LogP contribution < -0.4 is 5.32 Å². The van der Waals surface area contributed by atoms with Gasteiger partial charge < -0.3 is 10.2 Å². The molecule has 0 atom stereocenters. The topological polar surface area (TPSA) is 18.5 Å². The molecule has 0 radical (unpaired) electrons. The summed E-state index contributed by atoms with van der Waals surface area (Å²) >= 11 is 5.74. The number of anilines is 1. The van der Waals surface area contributed by atoms with Gasteiger partial charge in [-0.15, -0.1) is 0 Å². The van der Waals surface area contributed by atoms with Crippen LogP contribution in [0.1, 0.15) is 5.56 Å². The first-order valence-corrected chi connectivity index (χ1v) is 10.8. The summed E-state index contributed by atoms with van der Waals surface area (Å²) in [5.41, 5.74) is 4.67. The number of thiocarbonyl (C=S) groups is 1. The van der Waals surface area contributed by atoms with Crippen molar-refractivity contribution in [2.24, 2.45) is 0 Å². The van der Waals surface area contributed by atoms with E-state index in [1.54, 1.807) is 0 Å². The molecule has 0 aromatic heterocycles. The summed E-state index contributed by atoms with van der Waals surface area (Å²) in [6, 6.07) is 29.2. The second-order valence-corrected chi connectivity index (χ2v) is 7.83. The van der Waals surface area contributed by atoms with Gasteiger partial charge in [0.2, 0.25) is 0 Å². The molecule has 0 bridgehead atoms. The average molecular weight is 414 g/mol. The predicted molar refractivity (Wildman–Crippen MR) is 132 cm³/mol. The van der Waals surface area contributed by atoms with E-state index in [2.05, 4.69) is 94.0 Å². The third-order valence-electron chi connectivity index (χ3n) is 5.39. The molecule has 3 aromatic carbocycles. The van der Waals surface area contributed by atoms with E-state index in [0.717, 1.165) is 43.5 Å². The molecule has 4 heteroatoms. The number of hydrogen-bond donors (Lipinski definition) is 1. The van der Waals surface area contributed by atoms with Gasteiger partial charge in [-0.05, 0) is 29.4 Å². The molecule has 1 fully saturated rings. The van der Waals surface area contributed by atoms with E-state index in [0.29, 0.717) is 0 Å². The molecule has 1 N–H and O–H groups in total. The zero-order valence-electron chi connectivity index (χ0n) is 17.1. The van der Waals surface area contributed by atoms with Crippen LogP contribution in [0.25, 0.3) is 17.2 Å². The van der Waals surface area contributed by atoms with E-state index in [9.17, 15) is 0 Å². The lowest BCUT2D eigenvalue weighted by Crippen LogP contribution is -2.49. The van der Waals surface area contributed by atoms with Crippen LogP contribution in [-0.2, 0) is 0 Å². The fourth-order valence-electron chi connectivity index (χ4n) is 3.69. The first-order chi connectivity index (χ1) is 14.8. The quantitative estimate of drug-likeness (QED) is 0.566. The van der Waals surface area contributed by atoms with Crippen LogP contribution in [0.4, 0.5) is 5.69 Å². The zero-order chi connectivity index (χ0) is 20.6. The van der Waals surface area contributed by atoms with Gasteiger partial charge in [-0.3, -0.25) is 4.90 Å². The summed E-state index contributed by atoms with van der Waals surface area (Å²) in [6.07, 6.45) is 4.44. The molecule has 0 spiro atoms. The monoisotopic (exact) mass is 413 g/mol. The summed E-state index contributed by atoms with van der Waals surface area (Å²) in [7, 11) is 0. The first-order valence-electron chi connectivity index (χ1n) is 10.4. The molecule has 0 aliphatic carbocycles. The zero-order valence-corrected chi connectivity index (χ0v) is 17.9. The Labute approximate surface area is 184 Å². The molecule has 30 heavy (non-hydrogen) atoms. The molecule has 0 saturated carbocycles. The van der Waals surface area contributed by atoms with Crippen molar-refractivity contribution >= 4 is 29.1 Å². The molecule has 1 heterocycles. The lowest BCUT2D eigenvalue weighted by atomic mass is 10.0. The van der Waals surface area contributed by atoms with Gasteiger partial charge in [-0.2, -0.15) is 0 Å². The highest BCUT2D eigenvalue weighted by Crippen LogP contribution is 2.27. The fraction of sp³-hybridized carbons (Fsp3) is 0.192. The van der Waals surface area contributed by atoms with Crippen molar-refractivity contribution in [2.75, 3.05) is 38.0 Å². The minimum Gasteiger partial charge on any atom is -0.346 e. The highest BCUT2D eigenvalue weighted by Gasteiger charge is 2.18. The summed E-state index contributed by atoms with van der Waals surface area (Å²) in [5, 5.41) is 4.29. The Balaban J connectivity index is 1.31. The van der Waals surface area contributed by atoms with Crippen molar-refractivity contribution in [1.29, 1.82) is 0 Å². The number of hydrogen-bond acceptors (Lipinski definition) is 2. The molecular weight excluding hydrogens is 386 g/mol. The smallest absolute Gasteiger partial charge is 0.173 e. The van der Waals surface area contributed by atoms with Gasteiger partial charge >= 0.3 is 0 Å². The Hall–Kier alpha value is -2.95. The van der Waals surface area contributed by atoms with Crippen molar-refractivity contribution in [3.63, 3.8) is 0 Å². The van der Waals surface area contributed by atoms with Crippen molar-refractivity contribution in [3.8, 4) is 11.1 Å². The Kier molecular flexibility index (Phi) is 6.91. The summed E-state index contributed by atoms with van der Waals surface area (Å²) in [5.74, 6) is 0. The maximum absolute atomic E-state index is 5.74. The van der Waals surface area contributed by atoms with Crippen LogP contribution in [0, 0.1) is 0 Å². The van der Waals surface area contributed by atoms with E-state index in [-0.39, 0.29) is 0 Å². The minimum absolute atomic E-state index is 0.804. The van der Waals surface area contributed by atoms with Crippen LogP contribution in [0.2, 0.25) is 0 Å². The number of nitrogens with zero attached hydrogens (tertiary/aromatic N) is 2. The Morgan fingerprint density at radius 3 is 2.17 bits per heavy atom. The molecule has 3 nitrogen and oxygen atoms in total. The van der Waals surface area contributed by atoms with Crippen LogP contribution in [0.5, 0.6) is 0 Å². The maximum atomic E-state index is 5.74. The molecule has 152 valence electrons. The van der Waals surface area contributed by atoms with Gasteiger partial charge in [0, 0.05) is 44.0 Å². The van der Waals surface area contributed by atoms with Crippen molar-refractivity contribution in [2.45, 2.75) is 0 Å². The first kappa shape index (κ1) is 20.3. The van der Waals surface area contributed by atoms with Crippen LogP contribution in [0.15, 0.2) is 91.0 Å². The van der Waals surface area contributed by atoms with Gasteiger partial charge in [0.25, 0.3) is 0 Å². The summed E-state index contributed by atoms with van der Waals surface area (Å²) < 4.78 is 0. The third kappa shape index (κ3) is 5.35. The Bertz CT molecular complexity index is 977. The summed E-state index contributed by atoms with van der Waals surface area (Å²) in [6.45, 7) is 4.89.